The lowest BCUT2D eigenvalue weighted by molar-refractivity contribution is -0.117. The topological polar surface area (TPSA) is 52.6 Å². The second-order valence-corrected chi connectivity index (χ2v) is 5.29. The van der Waals surface area contributed by atoms with Gasteiger partial charge in [-0.15, -0.1) is 0 Å². The molecule has 4 nitrogen and oxygen atoms in total. The minimum absolute atomic E-state index is 0.00551. The zero-order chi connectivity index (χ0) is 13.8. The molecule has 0 heterocycles. The number of anilines is 1. The quantitative estimate of drug-likeness (QED) is 0.820. The number of amides is 1. The van der Waals surface area contributed by atoms with E-state index in [4.69, 9.17) is 5.11 Å². The van der Waals surface area contributed by atoms with Crippen LogP contribution in [-0.2, 0) is 4.79 Å². The summed E-state index contributed by atoms with van der Waals surface area (Å²) in [5.41, 5.74) is 3.08. The Morgan fingerprint density at radius 1 is 1.42 bits per heavy atom. The van der Waals surface area contributed by atoms with Crippen molar-refractivity contribution >= 4 is 11.6 Å². The summed E-state index contributed by atoms with van der Waals surface area (Å²) in [6.45, 7) is 5.04. The van der Waals surface area contributed by atoms with Crippen LogP contribution < -0.4 is 5.32 Å². The van der Waals surface area contributed by atoms with Crippen LogP contribution in [0.5, 0.6) is 0 Å². The fourth-order valence-corrected chi connectivity index (χ4v) is 2.20. The third-order valence-electron chi connectivity index (χ3n) is 3.46. The maximum Gasteiger partial charge on any atom is 0.238 e. The summed E-state index contributed by atoms with van der Waals surface area (Å²) in [5, 5.41) is 12.0. The molecule has 0 spiro atoms. The normalized spacial score (nSPS) is 14.7. The average Bonchev–Trinajstić information content (AvgIpc) is 3.17. The van der Waals surface area contributed by atoms with Gasteiger partial charge in [-0.25, -0.2) is 0 Å². The highest BCUT2D eigenvalue weighted by Crippen LogP contribution is 2.26. The molecule has 0 radical (unpaired) electrons. The number of rotatable bonds is 6. The van der Waals surface area contributed by atoms with E-state index < -0.39 is 0 Å². The standard InChI is InChI=1S/C15H22N2O2/c1-11-3-4-12(2)14(9-11)16-15(19)10-17(7-8-18)13-5-6-13/h3-4,9,13,18H,5-8,10H2,1-2H3,(H,16,19). The fraction of sp³-hybridized carbons (Fsp3) is 0.533. The first-order chi connectivity index (χ1) is 9.10. The smallest absolute Gasteiger partial charge is 0.238 e. The van der Waals surface area contributed by atoms with Gasteiger partial charge in [-0.3, -0.25) is 9.69 Å². The molecule has 0 bridgehead atoms. The van der Waals surface area contributed by atoms with Crippen LogP contribution in [0.1, 0.15) is 24.0 Å². The van der Waals surface area contributed by atoms with E-state index >= 15 is 0 Å². The first kappa shape index (κ1) is 14.0. The van der Waals surface area contributed by atoms with Gasteiger partial charge in [-0.1, -0.05) is 12.1 Å². The van der Waals surface area contributed by atoms with Gasteiger partial charge in [0.25, 0.3) is 0 Å². The minimum atomic E-state index is -0.00551. The van der Waals surface area contributed by atoms with Crippen molar-refractivity contribution in [2.24, 2.45) is 0 Å². The molecule has 0 atom stereocenters. The van der Waals surface area contributed by atoms with Gasteiger partial charge in [0.2, 0.25) is 5.91 Å². The number of hydrogen-bond donors (Lipinski definition) is 2. The molecule has 2 rings (SSSR count). The van der Waals surface area contributed by atoms with Gasteiger partial charge >= 0.3 is 0 Å². The molecule has 1 aliphatic carbocycles. The minimum Gasteiger partial charge on any atom is -0.395 e. The number of benzene rings is 1. The van der Waals surface area contributed by atoms with Crippen LogP contribution in [0.3, 0.4) is 0 Å². The molecular formula is C15H22N2O2. The van der Waals surface area contributed by atoms with Crippen molar-refractivity contribution in [2.45, 2.75) is 32.7 Å². The summed E-state index contributed by atoms with van der Waals surface area (Å²) < 4.78 is 0. The number of carbonyl (C=O) groups excluding carboxylic acids is 1. The maximum absolute atomic E-state index is 12.1. The Balaban J connectivity index is 1.94. The Morgan fingerprint density at radius 2 is 2.16 bits per heavy atom. The van der Waals surface area contributed by atoms with Crippen LogP contribution in [0.2, 0.25) is 0 Å². The number of carbonyl (C=O) groups is 1. The summed E-state index contributed by atoms with van der Waals surface area (Å²) in [7, 11) is 0. The maximum atomic E-state index is 12.1. The molecule has 0 saturated heterocycles. The Morgan fingerprint density at radius 3 is 2.79 bits per heavy atom. The number of hydrogen-bond acceptors (Lipinski definition) is 3. The van der Waals surface area contributed by atoms with Crippen molar-refractivity contribution in [3.63, 3.8) is 0 Å². The molecule has 1 fully saturated rings. The molecule has 2 N–H and O–H groups in total. The van der Waals surface area contributed by atoms with Crippen LogP contribution in [0.25, 0.3) is 0 Å². The van der Waals surface area contributed by atoms with Crippen molar-refractivity contribution in [1.82, 2.24) is 4.90 Å². The third-order valence-corrected chi connectivity index (χ3v) is 3.46. The Bertz CT molecular complexity index is 455. The van der Waals surface area contributed by atoms with Gasteiger partial charge in [-0.05, 0) is 43.9 Å². The highest BCUT2D eigenvalue weighted by Gasteiger charge is 2.29. The van der Waals surface area contributed by atoms with Crippen molar-refractivity contribution in [1.29, 1.82) is 0 Å². The predicted octanol–water partition coefficient (Wildman–Crippen LogP) is 1.70. The number of nitrogens with zero attached hydrogens (tertiary/aromatic N) is 1. The van der Waals surface area contributed by atoms with Crippen LogP contribution in [0, 0.1) is 13.8 Å². The summed E-state index contributed by atoms with van der Waals surface area (Å²) >= 11 is 0. The molecule has 1 aliphatic rings. The summed E-state index contributed by atoms with van der Waals surface area (Å²) in [5.74, 6) is -0.00551. The van der Waals surface area contributed by atoms with Crippen LogP contribution in [-0.4, -0.2) is 41.7 Å². The number of aryl methyl sites for hydroxylation is 2. The zero-order valence-electron chi connectivity index (χ0n) is 11.6. The van der Waals surface area contributed by atoms with E-state index in [1.54, 1.807) is 0 Å². The van der Waals surface area contributed by atoms with E-state index in [9.17, 15) is 4.79 Å². The first-order valence-corrected chi connectivity index (χ1v) is 6.82. The van der Waals surface area contributed by atoms with E-state index in [2.05, 4.69) is 10.2 Å². The van der Waals surface area contributed by atoms with Gasteiger partial charge in [-0.2, -0.15) is 0 Å². The fourth-order valence-electron chi connectivity index (χ4n) is 2.20. The Labute approximate surface area is 114 Å². The SMILES string of the molecule is Cc1ccc(C)c(NC(=O)CN(CCO)C2CC2)c1. The van der Waals surface area contributed by atoms with Crippen molar-refractivity contribution < 1.29 is 9.90 Å². The molecule has 1 aromatic carbocycles. The Hall–Kier alpha value is -1.39. The van der Waals surface area contributed by atoms with Gasteiger partial charge in [0.15, 0.2) is 0 Å². The molecular weight excluding hydrogens is 240 g/mol. The lowest BCUT2D eigenvalue weighted by Gasteiger charge is -2.20. The van der Waals surface area contributed by atoms with E-state index in [1.165, 1.54) is 0 Å². The molecule has 104 valence electrons. The molecule has 0 aliphatic heterocycles. The van der Waals surface area contributed by atoms with Gasteiger partial charge in [0.1, 0.15) is 0 Å². The monoisotopic (exact) mass is 262 g/mol. The summed E-state index contributed by atoms with van der Waals surface area (Å²) in [4.78, 5) is 14.1. The van der Waals surface area contributed by atoms with E-state index in [1.807, 2.05) is 32.0 Å². The third kappa shape index (κ3) is 4.04. The van der Waals surface area contributed by atoms with Crippen molar-refractivity contribution in [3.05, 3.63) is 29.3 Å². The Kier molecular flexibility index (Phi) is 4.56. The highest BCUT2D eigenvalue weighted by atomic mass is 16.3. The van der Waals surface area contributed by atoms with E-state index in [0.29, 0.717) is 19.1 Å². The largest absolute Gasteiger partial charge is 0.395 e. The molecule has 1 aromatic rings. The van der Waals surface area contributed by atoms with Gasteiger partial charge in [0, 0.05) is 18.3 Å². The first-order valence-electron chi connectivity index (χ1n) is 6.82. The highest BCUT2D eigenvalue weighted by molar-refractivity contribution is 5.93. The number of aliphatic hydroxyl groups excluding tert-OH is 1. The number of nitrogens with one attached hydrogen (secondary N) is 1. The van der Waals surface area contributed by atoms with E-state index in [0.717, 1.165) is 29.7 Å². The number of aliphatic hydroxyl groups is 1. The van der Waals surface area contributed by atoms with Gasteiger partial charge < -0.3 is 10.4 Å². The van der Waals surface area contributed by atoms with Crippen LogP contribution in [0.4, 0.5) is 5.69 Å². The van der Waals surface area contributed by atoms with Gasteiger partial charge in [0.05, 0.1) is 13.2 Å². The molecule has 0 unspecified atom stereocenters. The van der Waals surface area contributed by atoms with Crippen molar-refractivity contribution in [3.8, 4) is 0 Å². The second kappa shape index (κ2) is 6.17. The van der Waals surface area contributed by atoms with Crippen LogP contribution in [0.15, 0.2) is 18.2 Å². The average molecular weight is 262 g/mol. The molecule has 19 heavy (non-hydrogen) atoms. The molecule has 0 aromatic heterocycles. The molecule has 1 saturated carbocycles. The molecule has 1 amide bonds. The molecule has 4 heteroatoms. The summed E-state index contributed by atoms with van der Waals surface area (Å²) in [6, 6.07) is 6.52. The van der Waals surface area contributed by atoms with E-state index in [-0.39, 0.29) is 12.5 Å². The van der Waals surface area contributed by atoms with Crippen molar-refractivity contribution in [2.75, 3.05) is 25.0 Å². The second-order valence-electron chi connectivity index (χ2n) is 5.29. The lowest BCUT2D eigenvalue weighted by Crippen LogP contribution is -2.36. The lowest BCUT2D eigenvalue weighted by atomic mass is 10.1. The van der Waals surface area contributed by atoms with Crippen LogP contribution >= 0.6 is 0 Å². The zero-order valence-corrected chi connectivity index (χ0v) is 11.6. The predicted molar refractivity (Wildman–Crippen MR) is 76.2 cm³/mol. The summed E-state index contributed by atoms with van der Waals surface area (Å²) in [6.07, 6.45) is 2.27.